The Morgan fingerprint density at radius 2 is 2.38 bits per heavy atom. The van der Waals surface area contributed by atoms with Crippen molar-refractivity contribution in [1.82, 2.24) is 4.98 Å². The van der Waals surface area contributed by atoms with E-state index in [0.717, 1.165) is 41.6 Å². The first-order valence-corrected chi connectivity index (χ1v) is 9.63. The smallest absolute Gasteiger partial charge is 0.315 e. The fourth-order valence-electron chi connectivity index (χ4n) is 2.50. The van der Waals surface area contributed by atoms with Crippen LogP contribution >= 0.6 is 23.1 Å². The van der Waals surface area contributed by atoms with Crippen molar-refractivity contribution < 1.29 is 9.53 Å². The molecule has 0 radical (unpaired) electrons. The molecule has 0 spiro atoms. The van der Waals surface area contributed by atoms with Crippen LogP contribution in [-0.4, -0.2) is 35.1 Å². The van der Waals surface area contributed by atoms with Crippen molar-refractivity contribution in [3.05, 3.63) is 10.6 Å². The molecular formula is C15H24N2O2S2. The van der Waals surface area contributed by atoms with Gasteiger partial charge in [0.15, 0.2) is 5.13 Å². The zero-order valence-electron chi connectivity index (χ0n) is 13.0. The Labute approximate surface area is 135 Å². The lowest BCUT2D eigenvalue weighted by Crippen LogP contribution is -2.21. The molecule has 118 valence electrons. The Balaban J connectivity index is 2.06. The number of carbonyl (C=O) groups excluding carboxylic acids is 1. The number of hydrogen-bond acceptors (Lipinski definition) is 6. The van der Waals surface area contributed by atoms with E-state index >= 15 is 0 Å². The highest BCUT2D eigenvalue weighted by molar-refractivity contribution is 7.99. The number of fused-ring (bicyclic) bond motifs is 1. The second kappa shape index (κ2) is 8.03. The number of ether oxygens (including phenoxy) is 1. The van der Waals surface area contributed by atoms with Crippen LogP contribution in [0.1, 0.15) is 50.1 Å². The zero-order chi connectivity index (χ0) is 15.2. The first-order chi connectivity index (χ1) is 10.2. The largest absolute Gasteiger partial charge is 0.465 e. The minimum absolute atomic E-state index is 0.120. The van der Waals surface area contributed by atoms with Gasteiger partial charge in [-0.25, -0.2) is 4.98 Å². The summed E-state index contributed by atoms with van der Waals surface area (Å²) in [5.74, 6) is 1.92. The van der Waals surface area contributed by atoms with Crippen molar-refractivity contribution in [3.8, 4) is 0 Å². The van der Waals surface area contributed by atoms with Crippen molar-refractivity contribution in [2.75, 3.05) is 23.4 Å². The highest BCUT2D eigenvalue weighted by atomic mass is 32.2. The fourth-order valence-corrected chi connectivity index (χ4v) is 4.35. The van der Waals surface area contributed by atoms with Crippen LogP contribution in [0.3, 0.4) is 0 Å². The predicted molar refractivity (Wildman–Crippen MR) is 90.5 cm³/mol. The lowest BCUT2D eigenvalue weighted by atomic mass is 9.91. The molecule has 0 aromatic carbocycles. The third-order valence-corrected chi connectivity index (χ3v) is 5.67. The Kier molecular flexibility index (Phi) is 6.36. The lowest BCUT2D eigenvalue weighted by Gasteiger charge is -2.19. The number of anilines is 1. The molecule has 1 aliphatic carbocycles. The normalized spacial score (nSPS) is 18.9. The molecule has 1 aromatic heterocycles. The maximum Gasteiger partial charge on any atom is 0.315 e. The average Bonchev–Trinajstić information content (AvgIpc) is 2.87. The number of rotatable bonds is 7. The third-order valence-electron chi connectivity index (χ3n) is 3.47. The molecule has 0 amide bonds. The topological polar surface area (TPSA) is 51.2 Å². The number of aryl methyl sites for hydroxylation is 1. The predicted octanol–water partition coefficient (Wildman–Crippen LogP) is 3.68. The Morgan fingerprint density at radius 3 is 3.10 bits per heavy atom. The van der Waals surface area contributed by atoms with Crippen LogP contribution in [0.5, 0.6) is 0 Å². The molecule has 6 heteroatoms. The molecule has 1 heterocycles. The standard InChI is InChI=1S/C15H24N2O2S2/c1-4-19-14(18)11-7-6-8-12-13(11)17-15(21-12)16-10(3)9-20-5-2/h10-11H,4-9H2,1-3H3,(H,16,17). The molecular weight excluding hydrogens is 304 g/mol. The van der Waals surface area contributed by atoms with Crippen molar-refractivity contribution in [2.45, 2.75) is 52.0 Å². The maximum absolute atomic E-state index is 12.1. The van der Waals surface area contributed by atoms with Crippen LogP contribution in [0.25, 0.3) is 0 Å². The van der Waals surface area contributed by atoms with E-state index in [1.165, 1.54) is 4.88 Å². The summed E-state index contributed by atoms with van der Waals surface area (Å²) in [7, 11) is 0. The van der Waals surface area contributed by atoms with Gasteiger partial charge < -0.3 is 10.1 Å². The van der Waals surface area contributed by atoms with Gasteiger partial charge in [-0.3, -0.25) is 4.79 Å². The summed E-state index contributed by atoms with van der Waals surface area (Å²) < 4.78 is 5.18. The van der Waals surface area contributed by atoms with Gasteiger partial charge in [0.2, 0.25) is 0 Å². The van der Waals surface area contributed by atoms with Crippen LogP contribution in [0, 0.1) is 0 Å². The minimum Gasteiger partial charge on any atom is -0.465 e. The highest BCUT2D eigenvalue weighted by Gasteiger charge is 2.31. The number of nitrogens with zero attached hydrogens (tertiary/aromatic N) is 1. The molecule has 1 N–H and O–H groups in total. The molecule has 21 heavy (non-hydrogen) atoms. The summed E-state index contributed by atoms with van der Waals surface area (Å²) in [4.78, 5) is 18.0. The summed E-state index contributed by atoms with van der Waals surface area (Å²) >= 11 is 3.62. The summed E-state index contributed by atoms with van der Waals surface area (Å²) in [6, 6.07) is 0.392. The first kappa shape index (κ1) is 16.6. The van der Waals surface area contributed by atoms with E-state index < -0.39 is 0 Å². The van der Waals surface area contributed by atoms with Crippen LogP contribution in [0.4, 0.5) is 5.13 Å². The monoisotopic (exact) mass is 328 g/mol. The number of carbonyl (C=O) groups is 1. The molecule has 0 saturated carbocycles. The SMILES string of the molecule is CCOC(=O)C1CCCc2sc(NC(C)CSCC)nc21. The molecule has 2 unspecified atom stereocenters. The van der Waals surface area contributed by atoms with E-state index in [-0.39, 0.29) is 11.9 Å². The van der Waals surface area contributed by atoms with Crippen molar-refractivity contribution in [2.24, 2.45) is 0 Å². The molecule has 2 atom stereocenters. The second-order valence-electron chi connectivity index (χ2n) is 5.23. The van der Waals surface area contributed by atoms with Gasteiger partial charge in [0.25, 0.3) is 0 Å². The molecule has 1 aliphatic rings. The molecule has 0 aliphatic heterocycles. The summed E-state index contributed by atoms with van der Waals surface area (Å²) in [5.41, 5.74) is 0.947. The third kappa shape index (κ3) is 4.36. The van der Waals surface area contributed by atoms with Gasteiger partial charge in [-0.15, -0.1) is 11.3 Å². The summed E-state index contributed by atoms with van der Waals surface area (Å²) in [6.45, 7) is 6.63. The molecule has 2 rings (SSSR count). The molecule has 0 bridgehead atoms. The van der Waals surface area contributed by atoms with Crippen molar-refractivity contribution in [1.29, 1.82) is 0 Å². The zero-order valence-corrected chi connectivity index (χ0v) is 14.6. The Bertz CT molecular complexity index is 476. The van der Waals surface area contributed by atoms with Crippen LogP contribution in [-0.2, 0) is 16.0 Å². The quantitative estimate of drug-likeness (QED) is 0.774. The Hall–Kier alpha value is -0.750. The van der Waals surface area contributed by atoms with Gasteiger partial charge in [-0.1, -0.05) is 6.92 Å². The fraction of sp³-hybridized carbons (Fsp3) is 0.733. The van der Waals surface area contributed by atoms with Crippen LogP contribution in [0.2, 0.25) is 0 Å². The number of thiazole rings is 1. The van der Waals surface area contributed by atoms with E-state index in [2.05, 4.69) is 24.1 Å². The number of hydrogen-bond donors (Lipinski definition) is 1. The van der Waals surface area contributed by atoms with E-state index in [4.69, 9.17) is 4.74 Å². The van der Waals surface area contributed by atoms with Crippen LogP contribution < -0.4 is 5.32 Å². The van der Waals surface area contributed by atoms with Crippen molar-refractivity contribution in [3.63, 3.8) is 0 Å². The van der Waals surface area contributed by atoms with Gasteiger partial charge >= 0.3 is 5.97 Å². The van der Waals surface area contributed by atoms with E-state index in [1.54, 1.807) is 11.3 Å². The molecule has 0 fully saturated rings. The van der Waals surface area contributed by atoms with Gasteiger partial charge in [-0.2, -0.15) is 11.8 Å². The highest BCUT2D eigenvalue weighted by Crippen LogP contribution is 2.37. The molecule has 1 aromatic rings. The number of esters is 1. The van der Waals surface area contributed by atoms with Gasteiger partial charge in [0.1, 0.15) is 5.92 Å². The summed E-state index contributed by atoms with van der Waals surface area (Å²) in [6.07, 6.45) is 2.93. The van der Waals surface area contributed by atoms with E-state index in [9.17, 15) is 4.79 Å². The maximum atomic E-state index is 12.1. The van der Waals surface area contributed by atoms with Gasteiger partial charge in [0.05, 0.1) is 12.3 Å². The average molecular weight is 329 g/mol. The number of thioether (sulfide) groups is 1. The van der Waals surface area contributed by atoms with Gasteiger partial charge in [-0.05, 0) is 38.9 Å². The first-order valence-electron chi connectivity index (χ1n) is 7.66. The lowest BCUT2D eigenvalue weighted by molar-refractivity contribution is -0.145. The molecule has 0 saturated heterocycles. The van der Waals surface area contributed by atoms with E-state index in [0.29, 0.717) is 12.6 Å². The Morgan fingerprint density at radius 1 is 1.57 bits per heavy atom. The minimum atomic E-state index is -0.166. The van der Waals surface area contributed by atoms with E-state index in [1.807, 2.05) is 18.7 Å². The summed E-state index contributed by atoms with van der Waals surface area (Å²) in [5, 5.41) is 4.40. The second-order valence-corrected chi connectivity index (χ2v) is 7.63. The van der Waals surface area contributed by atoms with Gasteiger partial charge in [0, 0.05) is 16.7 Å². The number of aromatic nitrogens is 1. The van der Waals surface area contributed by atoms with Crippen molar-refractivity contribution >= 4 is 34.2 Å². The molecule has 4 nitrogen and oxygen atoms in total. The number of nitrogens with one attached hydrogen (secondary N) is 1. The van der Waals surface area contributed by atoms with Crippen LogP contribution in [0.15, 0.2) is 0 Å².